The van der Waals surface area contributed by atoms with Crippen molar-refractivity contribution in [2.24, 2.45) is 12.0 Å². The maximum atomic E-state index is 5.68. The zero-order valence-electron chi connectivity index (χ0n) is 18.9. The molecule has 1 aromatic heterocycles. The minimum atomic E-state index is -0.0556. The molecule has 1 saturated heterocycles. The van der Waals surface area contributed by atoms with Crippen molar-refractivity contribution in [2.75, 3.05) is 33.4 Å². The van der Waals surface area contributed by atoms with Crippen LogP contribution in [0.4, 0.5) is 0 Å². The van der Waals surface area contributed by atoms with Crippen LogP contribution in [0.1, 0.15) is 44.0 Å². The fourth-order valence-electron chi connectivity index (χ4n) is 4.07. The summed E-state index contributed by atoms with van der Waals surface area (Å²) in [7, 11) is 4.18. The molecule has 0 radical (unpaired) electrons. The summed E-state index contributed by atoms with van der Waals surface area (Å²) in [4.78, 5) is 7.27. The van der Waals surface area contributed by atoms with E-state index in [1.165, 1.54) is 11.3 Å². The van der Waals surface area contributed by atoms with E-state index >= 15 is 0 Å². The first-order valence-electron chi connectivity index (χ1n) is 11.0. The third kappa shape index (κ3) is 5.86. The van der Waals surface area contributed by atoms with Crippen molar-refractivity contribution in [2.45, 2.75) is 44.8 Å². The van der Waals surface area contributed by atoms with Crippen LogP contribution in [0.25, 0.3) is 0 Å². The molecular formula is C24H37N5O. The Hall–Kier alpha value is -2.31. The molecule has 30 heavy (non-hydrogen) atoms. The van der Waals surface area contributed by atoms with Crippen molar-refractivity contribution in [1.82, 2.24) is 20.1 Å². The molecule has 0 saturated carbocycles. The highest BCUT2D eigenvalue weighted by Gasteiger charge is 2.34. The van der Waals surface area contributed by atoms with Gasteiger partial charge in [-0.1, -0.05) is 30.3 Å². The first kappa shape index (κ1) is 22.4. The van der Waals surface area contributed by atoms with Gasteiger partial charge in [-0.3, -0.25) is 4.99 Å². The molecule has 0 amide bonds. The Morgan fingerprint density at radius 3 is 2.57 bits per heavy atom. The Balaban J connectivity index is 1.74. The molecule has 1 atom stereocenters. The van der Waals surface area contributed by atoms with E-state index in [2.05, 4.69) is 96.7 Å². The van der Waals surface area contributed by atoms with Crippen molar-refractivity contribution in [3.63, 3.8) is 0 Å². The average molecular weight is 412 g/mol. The largest absolute Gasteiger partial charge is 0.381 e. The van der Waals surface area contributed by atoms with Crippen LogP contribution in [0.5, 0.6) is 0 Å². The van der Waals surface area contributed by atoms with Crippen molar-refractivity contribution in [3.8, 4) is 0 Å². The molecule has 6 heteroatoms. The van der Waals surface area contributed by atoms with Crippen LogP contribution in [0.3, 0.4) is 0 Å². The minimum absolute atomic E-state index is 0.0556. The molecule has 1 aliphatic heterocycles. The Labute approximate surface area is 181 Å². The average Bonchev–Trinajstić information content (AvgIpc) is 3.16. The quantitative estimate of drug-likeness (QED) is 0.517. The second-order valence-electron chi connectivity index (χ2n) is 8.31. The lowest BCUT2D eigenvalue weighted by molar-refractivity contribution is 0.0373. The van der Waals surface area contributed by atoms with Gasteiger partial charge in [-0.2, -0.15) is 0 Å². The summed E-state index contributed by atoms with van der Waals surface area (Å²) in [5, 5.41) is 7.37. The first-order chi connectivity index (χ1) is 14.5. The summed E-state index contributed by atoms with van der Waals surface area (Å²) in [6, 6.07) is 15.1. The number of nitrogens with zero attached hydrogens (tertiary/aromatic N) is 3. The van der Waals surface area contributed by atoms with E-state index in [1.54, 1.807) is 0 Å². The SMILES string of the molecule is CCNC(=NCC1(NC(C)c2ccccc2)CCOCC1)N(C)Cc1cccn1C. The number of hydrogen-bond acceptors (Lipinski definition) is 3. The minimum Gasteiger partial charge on any atom is -0.381 e. The fraction of sp³-hybridized carbons (Fsp3) is 0.542. The van der Waals surface area contributed by atoms with Crippen molar-refractivity contribution in [1.29, 1.82) is 0 Å². The van der Waals surface area contributed by atoms with Gasteiger partial charge in [-0.15, -0.1) is 0 Å². The van der Waals surface area contributed by atoms with Gasteiger partial charge in [0.1, 0.15) is 0 Å². The lowest BCUT2D eigenvalue weighted by Crippen LogP contribution is -2.53. The number of nitrogens with one attached hydrogen (secondary N) is 2. The molecule has 3 rings (SSSR count). The standard InChI is InChI=1S/C24H37N5O/c1-5-25-23(29(4)18-22-12-9-15-28(22)3)26-19-24(13-16-30-17-14-24)27-20(2)21-10-7-6-8-11-21/h6-12,15,20,27H,5,13-14,16-19H2,1-4H3,(H,25,26). The molecule has 0 aliphatic carbocycles. The number of ether oxygens (including phenoxy) is 1. The molecule has 2 heterocycles. The van der Waals surface area contributed by atoms with Gasteiger partial charge in [-0.05, 0) is 44.4 Å². The summed E-state index contributed by atoms with van der Waals surface area (Å²) < 4.78 is 7.84. The predicted octanol–water partition coefficient (Wildman–Crippen LogP) is 3.32. The van der Waals surface area contributed by atoms with E-state index in [1.807, 2.05) is 0 Å². The second kappa shape index (κ2) is 10.6. The number of rotatable bonds is 8. The first-order valence-corrected chi connectivity index (χ1v) is 11.0. The van der Waals surface area contributed by atoms with Gasteiger partial charge in [-0.25, -0.2) is 0 Å². The maximum absolute atomic E-state index is 5.68. The highest BCUT2D eigenvalue weighted by atomic mass is 16.5. The van der Waals surface area contributed by atoms with Gasteiger partial charge in [0.25, 0.3) is 0 Å². The molecule has 2 N–H and O–H groups in total. The molecule has 2 aromatic rings. The third-order valence-corrected chi connectivity index (χ3v) is 5.95. The number of aliphatic imine (C=N–C) groups is 1. The molecule has 0 spiro atoms. The van der Waals surface area contributed by atoms with Crippen LogP contribution in [-0.2, 0) is 18.3 Å². The normalized spacial score (nSPS) is 17.5. The number of guanidine groups is 1. The van der Waals surface area contributed by atoms with Crippen LogP contribution in [-0.4, -0.2) is 54.3 Å². The Bertz CT molecular complexity index is 795. The van der Waals surface area contributed by atoms with Crippen molar-refractivity contribution < 1.29 is 4.74 Å². The number of aromatic nitrogens is 1. The van der Waals surface area contributed by atoms with Crippen molar-refractivity contribution in [3.05, 3.63) is 59.9 Å². The van der Waals surface area contributed by atoms with E-state index < -0.39 is 0 Å². The topological polar surface area (TPSA) is 53.8 Å². The Morgan fingerprint density at radius 2 is 1.93 bits per heavy atom. The smallest absolute Gasteiger partial charge is 0.194 e. The van der Waals surface area contributed by atoms with Crippen LogP contribution >= 0.6 is 0 Å². The van der Waals surface area contributed by atoms with Gasteiger partial charge in [0.2, 0.25) is 0 Å². The van der Waals surface area contributed by atoms with E-state index in [0.29, 0.717) is 0 Å². The monoisotopic (exact) mass is 411 g/mol. The van der Waals surface area contributed by atoms with Gasteiger partial charge in [0.05, 0.1) is 13.1 Å². The van der Waals surface area contributed by atoms with E-state index in [4.69, 9.17) is 9.73 Å². The van der Waals surface area contributed by atoms with Crippen LogP contribution in [0.2, 0.25) is 0 Å². The Kier molecular flexibility index (Phi) is 7.94. The second-order valence-corrected chi connectivity index (χ2v) is 8.31. The van der Waals surface area contributed by atoms with Gasteiger partial charge in [0, 0.05) is 57.3 Å². The summed E-state index contributed by atoms with van der Waals surface area (Å²) in [5.74, 6) is 0.943. The molecule has 1 aromatic carbocycles. The molecule has 164 valence electrons. The van der Waals surface area contributed by atoms with Crippen LogP contribution < -0.4 is 10.6 Å². The van der Waals surface area contributed by atoms with Crippen LogP contribution in [0, 0.1) is 0 Å². The molecule has 6 nitrogen and oxygen atoms in total. The maximum Gasteiger partial charge on any atom is 0.194 e. The summed E-state index contributed by atoms with van der Waals surface area (Å²) in [6.45, 7) is 8.31. The van der Waals surface area contributed by atoms with E-state index in [0.717, 1.165) is 51.6 Å². The molecule has 1 unspecified atom stereocenters. The molecule has 0 bridgehead atoms. The lowest BCUT2D eigenvalue weighted by atomic mass is 9.88. The molecule has 1 aliphatic rings. The van der Waals surface area contributed by atoms with E-state index in [-0.39, 0.29) is 11.6 Å². The van der Waals surface area contributed by atoms with Gasteiger partial charge < -0.3 is 24.8 Å². The number of aryl methyl sites for hydroxylation is 1. The summed E-state index contributed by atoms with van der Waals surface area (Å²) >= 11 is 0. The Morgan fingerprint density at radius 1 is 1.20 bits per heavy atom. The van der Waals surface area contributed by atoms with Crippen LogP contribution in [0.15, 0.2) is 53.7 Å². The predicted molar refractivity (Wildman–Crippen MR) is 124 cm³/mol. The highest BCUT2D eigenvalue weighted by molar-refractivity contribution is 5.79. The zero-order valence-corrected chi connectivity index (χ0v) is 18.9. The molecule has 1 fully saturated rings. The lowest BCUT2D eigenvalue weighted by Gasteiger charge is -2.40. The zero-order chi connectivity index (χ0) is 21.4. The van der Waals surface area contributed by atoms with Gasteiger partial charge in [0.15, 0.2) is 5.96 Å². The van der Waals surface area contributed by atoms with Gasteiger partial charge >= 0.3 is 0 Å². The molecular weight excluding hydrogens is 374 g/mol. The number of benzene rings is 1. The highest BCUT2D eigenvalue weighted by Crippen LogP contribution is 2.26. The summed E-state index contributed by atoms with van der Waals surface area (Å²) in [5.41, 5.74) is 2.51. The van der Waals surface area contributed by atoms with E-state index in [9.17, 15) is 0 Å². The number of hydrogen-bond donors (Lipinski definition) is 2. The third-order valence-electron chi connectivity index (χ3n) is 5.95. The summed E-state index contributed by atoms with van der Waals surface area (Å²) in [6.07, 6.45) is 4.02. The fourth-order valence-corrected chi connectivity index (χ4v) is 4.07. The van der Waals surface area contributed by atoms with Crippen molar-refractivity contribution >= 4 is 5.96 Å².